The molecule has 1 aromatic heterocycles. The van der Waals surface area contributed by atoms with Crippen molar-refractivity contribution in [3.05, 3.63) is 76.3 Å². The lowest BCUT2D eigenvalue weighted by Crippen LogP contribution is -2.16. The number of anilines is 3. The van der Waals surface area contributed by atoms with Gasteiger partial charge in [-0.25, -0.2) is 23.1 Å². The topological polar surface area (TPSA) is 66.9 Å². The molecule has 0 unspecified atom stereocenters. The van der Waals surface area contributed by atoms with Gasteiger partial charge in [0, 0.05) is 11.4 Å². The quantitative estimate of drug-likeness (QED) is 0.666. The fourth-order valence-corrected chi connectivity index (χ4v) is 2.42. The zero-order valence-corrected chi connectivity index (χ0v) is 14.6. The maximum Gasteiger partial charge on any atom is 0.274 e. The van der Waals surface area contributed by atoms with Gasteiger partial charge in [-0.2, -0.15) is 0 Å². The lowest BCUT2D eigenvalue weighted by Gasteiger charge is -2.10. The first-order chi connectivity index (χ1) is 12.8. The summed E-state index contributed by atoms with van der Waals surface area (Å²) in [6.45, 7) is 1.59. The van der Waals surface area contributed by atoms with E-state index in [1.165, 1.54) is 24.3 Å². The first-order valence-corrected chi connectivity index (χ1v) is 8.04. The molecule has 9 heteroatoms. The van der Waals surface area contributed by atoms with Crippen LogP contribution in [0.2, 0.25) is 5.02 Å². The van der Waals surface area contributed by atoms with Gasteiger partial charge in [-0.1, -0.05) is 17.7 Å². The van der Waals surface area contributed by atoms with E-state index in [2.05, 4.69) is 20.6 Å². The van der Waals surface area contributed by atoms with Crippen LogP contribution in [0.15, 0.2) is 42.5 Å². The summed E-state index contributed by atoms with van der Waals surface area (Å²) in [7, 11) is 0. The third kappa shape index (κ3) is 4.35. The predicted octanol–water partition coefficient (Wildman–Crippen LogP) is 4.85. The van der Waals surface area contributed by atoms with Gasteiger partial charge in [-0.3, -0.25) is 4.79 Å². The second-order valence-electron chi connectivity index (χ2n) is 5.52. The van der Waals surface area contributed by atoms with Gasteiger partial charge in [0.15, 0.2) is 0 Å². The summed E-state index contributed by atoms with van der Waals surface area (Å²) in [6.07, 6.45) is 0. The lowest BCUT2D eigenvalue weighted by atomic mass is 10.2. The maximum atomic E-state index is 13.8. The molecule has 0 bridgehead atoms. The first-order valence-electron chi connectivity index (χ1n) is 7.66. The molecule has 0 radical (unpaired) electrons. The largest absolute Gasteiger partial charge is 0.321 e. The van der Waals surface area contributed by atoms with Crippen LogP contribution in [0.5, 0.6) is 0 Å². The number of benzene rings is 2. The minimum Gasteiger partial charge on any atom is -0.321 e. The second-order valence-corrected chi connectivity index (χ2v) is 5.93. The number of para-hydroxylation sites is 1. The van der Waals surface area contributed by atoms with Crippen molar-refractivity contribution < 1.29 is 18.0 Å². The molecule has 1 heterocycles. The van der Waals surface area contributed by atoms with Crippen LogP contribution in [-0.4, -0.2) is 15.9 Å². The van der Waals surface area contributed by atoms with Crippen molar-refractivity contribution in [3.8, 4) is 0 Å². The highest BCUT2D eigenvalue weighted by Crippen LogP contribution is 2.22. The number of hydrogen-bond acceptors (Lipinski definition) is 4. The van der Waals surface area contributed by atoms with E-state index in [-0.39, 0.29) is 22.4 Å². The van der Waals surface area contributed by atoms with Crippen molar-refractivity contribution in [1.82, 2.24) is 9.97 Å². The molecule has 0 aliphatic heterocycles. The molecule has 0 aliphatic carbocycles. The summed E-state index contributed by atoms with van der Waals surface area (Å²) in [6, 6.07) is 8.46. The number of nitrogens with zero attached hydrogens (tertiary/aromatic N) is 2. The standard InChI is InChI=1S/C18H12ClF3N4O/c1-9-7-15(17(27)24-10-5-6-12(20)11(19)8-10)25-18(23-9)26-16-13(21)3-2-4-14(16)22/h2-8H,1H3,(H,24,27)(H,23,25,26). The molecule has 0 saturated carbocycles. The van der Waals surface area contributed by atoms with E-state index in [9.17, 15) is 18.0 Å². The number of carbonyl (C=O) groups excluding carboxylic acids is 1. The van der Waals surface area contributed by atoms with Gasteiger partial charge in [-0.15, -0.1) is 0 Å². The summed E-state index contributed by atoms with van der Waals surface area (Å²) >= 11 is 5.68. The molecule has 27 heavy (non-hydrogen) atoms. The molecule has 1 amide bonds. The fourth-order valence-electron chi connectivity index (χ4n) is 2.24. The molecule has 5 nitrogen and oxygen atoms in total. The Morgan fingerprint density at radius 2 is 1.70 bits per heavy atom. The summed E-state index contributed by atoms with van der Waals surface area (Å²) in [5.41, 5.74) is 0.172. The first kappa shape index (κ1) is 18.7. The molecule has 3 aromatic rings. The smallest absolute Gasteiger partial charge is 0.274 e. The van der Waals surface area contributed by atoms with Crippen molar-refractivity contribution in [2.24, 2.45) is 0 Å². The monoisotopic (exact) mass is 392 g/mol. The highest BCUT2D eigenvalue weighted by atomic mass is 35.5. The predicted molar refractivity (Wildman–Crippen MR) is 95.8 cm³/mol. The van der Waals surface area contributed by atoms with Crippen LogP contribution in [0, 0.1) is 24.4 Å². The van der Waals surface area contributed by atoms with E-state index in [1.54, 1.807) is 6.92 Å². The third-order valence-corrected chi connectivity index (χ3v) is 3.75. The molecule has 0 saturated heterocycles. The van der Waals surface area contributed by atoms with Crippen LogP contribution in [0.3, 0.4) is 0 Å². The molecule has 0 spiro atoms. The number of aryl methyl sites for hydroxylation is 1. The minimum atomic E-state index is -0.827. The van der Waals surface area contributed by atoms with E-state index in [1.807, 2.05) is 0 Å². The molecular formula is C18H12ClF3N4O. The average Bonchev–Trinajstić information content (AvgIpc) is 2.61. The van der Waals surface area contributed by atoms with Crippen LogP contribution in [-0.2, 0) is 0 Å². The number of aromatic nitrogens is 2. The molecule has 3 rings (SSSR count). The third-order valence-electron chi connectivity index (χ3n) is 3.46. The van der Waals surface area contributed by atoms with Crippen LogP contribution < -0.4 is 10.6 Å². The van der Waals surface area contributed by atoms with Gasteiger partial charge < -0.3 is 10.6 Å². The summed E-state index contributed by atoms with van der Waals surface area (Å²) in [5, 5.41) is 4.80. The Morgan fingerprint density at radius 1 is 1.00 bits per heavy atom. The van der Waals surface area contributed by atoms with Crippen LogP contribution >= 0.6 is 11.6 Å². The van der Waals surface area contributed by atoms with Gasteiger partial charge in [-0.05, 0) is 43.3 Å². The molecular weight excluding hydrogens is 381 g/mol. The summed E-state index contributed by atoms with van der Waals surface area (Å²) in [5.74, 6) is -3.05. The molecule has 0 atom stereocenters. The van der Waals surface area contributed by atoms with Crippen LogP contribution in [0.4, 0.5) is 30.5 Å². The van der Waals surface area contributed by atoms with E-state index in [0.29, 0.717) is 5.69 Å². The van der Waals surface area contributed by atoms with Crippen molar-refractivity contribution >= 4 is 34.8 Å². The highest BCUT2D eigenvalue weighted by molar-refractivity contribution is 6.31. The van der Waals surface area contributed by atoms with Gasteiger partial charge in [0.2, 0.25) is 5.95 Å². The Kier molecular flexibility index (Phi) is 5.27. The second kappa shape index (κ2) is 7.63. The van der Waals surface area contributed by atoms with Gasteiger partial charge in [0.1, 0.15) is 28.8 Å². The number of nitrogens with one attached hydrogen (secondary N) is 2. The Bertz CT molecular complexity index is 1010. The summed E-state index contributed by atoms with van der Waals surface area (Å²) < 4.78 is 40.7. The lowest BCUT2D eigenvalue weighted by molar-refractivity contribution is 0.102. The minimum absolute atomic E-state index is 0.0535. The highest BCUT2D eigenvalue weighted by Gasteiger charge is 2.15. The van der Waals surface area contributed by atoms with E-state index in [0.717, 1.165) is 18.2 Å². The van der Waals surface area contributed by atoms with Gasteiger partial charge in [0.05, 0.1) is 5.02 Å². The molecule has 2 aromatic carbocycles. The molecule has 0 fully saturated rings. The zero-order chi connectivity index (χ0) is 19.6. The number of halogens is 4. The molecule has 138 valence electrons. The van der Waals surface area contributed by atoms with Gasteiger partial charge >= 0.3 is 0 Å². The van der Waals surface area contributed by atoms with Gasteiger partial charge in [0.25, 0.3) is 5.91 Å². The molecule has 2 N–H and O–H groups in total. The number of rotatable bonds is 4. The van der Waals surface area contributed by atoms with Crippen molar-refractivity contribution in [2.75, 3.05) is 10.6 Å². The van der Waals surface area contributed by atoms with Crippen molar-refractivity contribution in [3.63, 3.8) is 0 Å². The van der Waals surface area contributed by atoms with E-state index in [4.69, 9.17) is 11.6 Å². The van der Waals surface area contributed by atoms with Crippen LogP contribution in [0.25, 0.3) is 0 Å². The SMILES string of the molecule is Cc1cc(C(=O)Nc2ccc(F)c(Cl)c2)nc(Nc2c(F)cccc2F)n1. The Hall–Kier alpha value is -3.13. The Balaban J connectivity index is 1.86. The number of hydrogen-bond donors (Lipinski definition) is 2. The summed E-state index contributed by atoms with van der Waals surface area (Å²) in [4.78, 5) is 20.4. The molecule has 0 aliphatic rings. The Morgan fingerprint density at radius 3 is 2.37 bits per heavy atom. The Labute approximate surface area is 157 Å². The normalized spacial score (nSPS) is 10.6. The fraction of sp³-hybridized carbons (Fsp3) is 0.0556. The van der Waals surface area contributed by atoms with Crippen LogP contribution in [0.1, 0.15) is 16.2 Å². The van der Waals surface area contributed by atoms with Crippen molar-refractivity contribution in [1.29, 1.82) is 0 Å². The van der Waals surface area contributed by atoms with Crippen molar-refractivity contribution in [2.45, 2.75) is 6.92 Å². The van der Waals surface area contributed by atoms with E-state index >= 15 is 0 Å². The number of amides is 1. The maximum absolute atomic E-state index is 13.8. The zero-order valence-electron chi connectivity index (χ0n) is 13.9. The average molecular weight is 393 g/mol. The van der Waals surface area contributed by atoms with E-state index < -0.39 is 29.0 Å². The number of carbonyl (C=O) groups is 1.